The molecule has 0 bridgehead atoms. The number of benzene rings is 1. The number of halogens is 2. The standard InChI is InChI=1S/C21H32ClN5O2.HI/c1-2-23-21(25-16-20(28)27-9-3-4-10-27)24-15-19(26-11-13-29-14-12-26)17-5-7-18(22)8-6-17;/h5-8,19H,2-4,9-16H2,1H3,(H2,23,24,25);1H. The highest BCUT2D eigenvalue weighted by molar-refractivity contribution is 14.0. The first kappa shape index (κ1) is 25.2. The molecule has 0 spiro atoms. The molecule has 2 heterocycles. The molecule has 2 aliphatic heterocycles. The molecule has 30 heavy (non-hydrogen) atoms. The summed E-state index contributed by atoms with van der Waals surface area (Å²) in [7, 11) is 0. The Kier molecular flexibility index (Phi) is 11.2. The molecule has 2 N–H and O–H groups in total. The number of amides is 1. The first-order valence-corrected chi connectivity index (χ1v) is 10.9. The molecule has 7 nitrogen and oxygen atoms in total. The van der Waals surface area contributed by atoms with Gasteiger partial charge in [0, 0.05) is 44.3 Å². The average molecular weight is 550 g/mol. The monoisotopic (exact) mass is 549 g/mol. The van der Waals surface area contributed by atoms with Crippen molar-refractivity contribution < 1.29 is 9.53 Å². The summed E-state index contributed by atoms with van der Waals surface area (Å²) in [6.07, 6.45) is 2.19. The minimum atomic E-state index is 0. The minimum Gasteiger partial charge on any atom is -0.379 e. The number of carbonyl (C=O) groups is 1. The minimum absolute atomic E-state index is 0. The largest absolute Gasteiger partial charge is 0.379 e. The number of hydrogen-bond donors (Lipinski definition) is 2. The summed E-state index contributed by atoms with van der Waals surface area (Å²) < 4.78 is 5.52. The number of nitrogens with zero attached hydrogens (tertiary/aromatic N) is 3. The molecule has 0 radical (unpaired) electrons. The van der Waals surface area contributed by atoms with Crippen molar-refractivity contribution in [2.45, 2.75) is 25.8 Å². The van der Waals surface area contributed by atoms with Gasteiger partial charge in [-0.05, 0) is 37.5 Å². The quantitative estimate of drug-likeness (QED) is 0.311. The van der Waals surface area contributed by atoms with Crippen molar-refractivity contribution in [2.75, 3.05) is 59.0 Å². The van der Waals surface area contributed by atoms with Crippen molar-refractivity contribution in [1.82, 2.24) is 20.4 Å². The van der Waals surface area contributed by atoms with Crippen molar-refractivity contribution in [2.24, 2.45) is 4.99 Å². The van der Waals surface area contributed by atoms with Crippen LogP contribution in [-0.2, 0) is 9.53 Å². The van der Waals surface area contributed by atoms with Gasteiger partial charge in [-0.2, -0.15) is 0 Å². The summed E-state index contributed by atoms with van der Waals surface area (Å²) in [6, 6.07) is 8.18. The molecule has 0 aromatic heterocycles. The van der Waals surface area contributed by atoms with Crippen LogP contribution in [0.1, 0.15) is 31.4 Å². The van der Waals surface area contributed by atoms with Gasteiger partial charge in [-0.15, -0.1) is 24.0 Å². The fourth-order valence-electron chi connectivity index (χ4n) is 3.78. The van der Waals surface area contributed by atoms with E-state index in [0.717, 1.165) is 63.8 Å². The summed E-state index contributed by atoms with van der Waals surface area (Å²) in [5.74, 6) is 0.773. The molecule has 0 saturated carbocycles. The Labute approximate surface area is 201 Å². The lowest BCUT2D eigenvalue weighted by Crippen LogP contribution is -2.46. The molecule has 9 heteroatoms. The van der Waals surface area contributed by atoms with Gasteiger partial charge in [-0.3, -0.25) is 9.69 Å². The van der Waals surface area contributed by atoms with Gasteiger partial charge in [0.1, 0.15) is 6.54 Å². The molecular formula is C21H33ClIN5O2. The van der Waals surface area contributed by atoms with E-state index in [1.807, 2.05) is 24.0 Å². The molecular weight excluding hydrogens is 517 g/mol. The van der Waals surface area contributed by atoms with Gasteiger partial charge >= 0.3 is 0 Å². The zero-order chi connectivity index (χ0) is 20.5. The lowest BCUT2D eigenvalue weighted by Gasteiger charge is -2.35. The summed E-state index contributed by atoms with van der Waals surface area (Å²) in [6.45, 7) is 8.59. The second-order valence-corrected chi connectivity index (χ2v) is 7.82. The van der Waals surface area contributed by atoms with Gasteiger partial charge in [0.15, 0.2) is 5.96 Å². The van der Waals surface area contributed by atoms with Crippen molar-refractivity contribution in [3.63, 3.8) is 0 Å². The Balaban J connectivity index is 0.00000320. The van der Waals surface area contributed by atoms with E-state index in [0.29, 0.717) is 12.5 Å². The van der Waals surface area contributed by atoms with Crippen LogP contribution in [-0.4, -0.2) is 80.7 Å². The van der Waals surface area contributed by atoms with Gasteiger partial charge in [0.2, 0.25) is 5.91 Å². The zero-order valence-electron chi connectivity index (χ0n) is 17.6. The lowest BCUT2D eigenvalue weighted by atomic mass is 10.0. The van der Waals surface area contributed by atoms with E-state index in [1.165, 1.54) is 5.56 Å². The smallest absolute Gasteiger partial charge is 0.244 e. The Morgan fingerprint density at radius 3 is 2.43 bits per heavy atom. The van der Waals surface area contributed by atoms with Gasteiger partial charge in [0.05, 0.1) is 19.3 Å². The van der Waals surface area contributed by atoms with Crippen LogP contribution >= 0.6 is 35.6 Å². The number of likely N-dealkylation sites (tertiary alicyclic amines) is 1. The molecule has 2 saturated heterocycles. The van der Waals surface area contributed by atoms with E-state index in [-0.39, 0.29) is 42.5 Å². The van der Waals surface area contributed by atoms with Crippen molar-refractivity contribution in [1.29, 1.82) is 0 Å². The average Bonchev–Trinajstić information content (AvgIpc) is 3.29. The summed E-state index contributed by atoms with van der Waals surface area (Å²) in [5, 5.41) is 7.42. The van der Waals surface area contributed by atoms with Crippen LogP contribution in [0.25, 0.3) is 0 Å². The van der Waals surface area contributed by atoms with Gasteiger partial charge in [-0.25, -0.2) is 4.99 Å². The van der Waals surface area contributed by atoms with Crippen molar-refractivity contribution >= 4 is 47.4 Å². The number of aliphatic imine (C=N–C) groups is 1. The second kappa shape index (κ2) is 13.3. The van der Waals surface area contributed by atoms with E-state index in [2.05, 4.69) is 32.7 Å². The van der Waals surface area contributed by atoms with Crippen LogP contribution < -0.4 is 10.6 Å². The normalized spacial score (nSPS) is 18.6. The predicted molar refractivity (Wildman–Crippen MR) is 132 cm³/mol. The highest BCUT2D eigenvalue weighted by atomic mass is 127. The van der Waals surface area contributed by atoms with E-state index in [9.17, 15) is 4.79 Å². The van der Waals surface area contributed by atoms with Gasteiger partial charge in [0.25, 0.3) is 0 Å². The molecule has 1 aromatic rings. The Bertz CT molecular complexity index is 676. The Morgan fingerprint density at radius 1 is 1.13 bits per heavy atom. The zero-order valence-corrected chi connectivity index (χ0v) is 20.7. The molecule has 1 aromatic carbocycles. The van der Waals surface area contributed by atoms with E-state index < -0.39 is 0 Å². The van der Waals surface area contributed by atoms with E-state index in [1.54, 1.807) is 0 Å². The maximum Gasteiger partial charge on any atom is 0.244 e. The maximum absolute atomic E-state index is 12.3. The number of carbonyl (C=O) groups excluding carboxylic acids is 1. The number of hydrogen-bond acceptors (Lipinski definition) is 4. The first-order valence-electron chi connectivity index (χ1n) is 10.5. The summed E-state index contributed by atoms with van der Waals surface area (Å²) in [5.41, 5.74) is 1.20. The van der Waals surface area contributed by atoms with Crippen molar-refractivity contribution in [3.05, 3.63) is 34.9 Å². The molecule has 2 aliphatic rings. The third-order valence-corrected chi connectivity index (χ3v) is 5.63. The molecule has 168 valence electrons. The predicted octanol–water partition coefficient (Wildman–Crippen LogP) is 2.51. The number of rotatable bonds is 7. The molecule has 2 fully saturated rings. The second-order valence-electron chi connectivity index (χ2n) is 7.38. The summed E-state index contributed by atoms with van der Waals surface area (Å²) in [4.78, 5) is 21.2. The maximum atomic E-state index is 12.3. The van der Waals surface area contributed by atoms with E-state index >= 15 is 0 Å². The van der Waals surface area contributed by atoms with Gasteiger partial charge in [-0.1, -0.05) is 23.7 Å². The third-order valence-electron chi connectivity index (χ3n) is 5.38. The molecule has 3 rings (SSSR count). The Morgan fingerprint density at radius 2 is 1.80 bits per heavy atom. The van der Waals surface area contributed by atoms with Crippen LogP contribution in [0, 0.1) is 0 Å². The molecule has 1 unspecified atom stereocenters. The topological polar surface area (TPSA) is 69.2 Å². The summed E-state index contributed by atoms with van der Waals surface area (Å²) >= 11 is 6.08. The van der Waals surface area contributed by atoms with Crippen LogP contribution in [0.2, 0.25) is 5.02 Å². The first-order chi connectivity index (χ1) is 14.2. The van der Waals surface area contributed by atoms with Gasteiger partial charge < -0.3 is 20.3 Å². The number of ether oxygens (including phenoxy) is 1. The van der Waals surface area contributed by atoms with Crippen LogP contribution in [0.15, 0.2) is 29.3 Å². The van der Waals surface area contributed by atoms with Crippen LogP contribution in [0.5, 0.6) is 0 Å². The highest BCUT2D eigenvalue weighted by Crippen LogP contribution is 2.23. The molecule has 1 atom stereocenters. The number of morpholine rings is 1. The van der Waals surface area contributed by atoms with Crippen LogP contribution in [0.4, 0.5) is 0 Å². The van der Waals surface area contributed by atoms with E-state index in [4.69, 9.17) is 16.3 Å². The molecule has 0 aliphatic carbocycles. The number of nitrogens with one attached hydrogen (secondary N) is 2. The lowest BCUT2D eigenvalue weighted by molar-refractivity contribution is -0.128. The van der Waals surface area contributed by atoms with Crippen molar-refractivity contribution in [3.8, 4) is 0 Å². The third kappa shape index (κ3) is 7.55. The van der Waals surface area contributed by atoms with Crippen LogP contribution in [0.3, 0.4) is 0 Å². The SMILES string of the molecule is CCNC(=NCC(=O)N1CCCC1)NCC(c1ccc(Cl)cc1)N1CCOCC1.I. The number of guanidine groups is 1. The highest BCUT2D eigenvalue weighted by Gasteiger charge is 2.23. The fourth-order valence-corrected chi connectivity index (χ4v) is 3.91. The fraction of sp³-hybridized carbons (Fsp3) is 0.619. The molecule has 1 amide bonds. The Hall–Kier alpha value is -1.10.